The van der Waals surface area contributed by atoms with E-state index < -0.39 is 6.04 Å². The largest absolute Gasteiger partial charge is 0.383 e. The molecule has 40 heavy (non-hydrogen) atoms. The fourth-order valence-electron chi connectivity index (χ4n) is 4.36. The first-order valence-corrected chi connectivity index (χ1v) is 13.1. The Labute approximate surface area is 234 Å². The van der Waals surface area contributed by atoms with Gasteiger partial charge >= 0.3 is 0 Å². The fourth-order valence-corrected chi connectivity index (χ4v) is 4.36. The molecule has 0 radical (unpaired) electrons. The predicted molar refractivity (Wildman–Crippen MR) is 154 cm³/mol. The van der Waals surface area contributed by atoms with Crippen molar-refractivity contribution in [1.29, 1.82) is 0 Å². The number of benzene rings is 2. The molecule has 0 aliphatic heterocycles. The molecule has 1 atom stereocenters. The SMILES string of the molecule is COCCN(C)C(=O)[C@H](Cc1ccccc1)N(Cc1ccc(-c2ccncc2)cc1)C(=O)/C=C/c1cc(C)on1. The molecule has 8 heteroatoms. The summed E-state index contributed by atoms with van der Waals surface area (Å²) in [6, 6.07) is 22.6. The van der Waals surface area contributed by atoms with E-state index in [0.717, 1.165) is 22.3 Å². The summed E-state index contributed by atoms with van der Waals surface area (Å²) in [6.45, 7) is 2.85. The van der Waals surface area contributed by atoms with E-state index >= 15 is 0 Å². The molecule has 2 aromatic carbocycles. The molecule has 4 rings (SSSR count). The number of likely N-dealkylation sites (N-methyl/N-ethyl adjacent to an activating group) is 1. The number of hydrogen-bond acceptors (Lipinski definition) is 6. The number of nitrogens with zero attached hydrogens (tertiary/aromatic N) is 4. The molecule has 0 fully saturated rings. The van der Waals surface area contributed by atoms with Crippen molar-refractivity contribution in [1.82, 2.24) is 19.9 Å². The summed E-state index contributed by atoms with van der Waals surface area (Å²) < 4.78 is 10.3. The van der Waals surface area contributed by atoms with Crippen LogP contribution < -0.4 is 0 Å². The van der Waals surface area contributed by atoms with Gasteiger partial charge in [0, 0.05) is 58.2 Å². The van der Waals surface area contributed by atoms with Crippen LogP contribution in [-0.2, 0) is 27.3 Å². The van der Waals surface area contributed by atoms with E-state index in [0.29, 0.717) is 31.0 Å². The summed E-state index contributed by atoms with van der Waals surface area (Å²) in [5.74, 6) is 0.191. The highest BCUT2D eigenvalue weighted by molar-refractivity contribution is 5.95. The lowest BCUT2D eigenvalue weighted by molar-refractivity contribution is -0.143. The van der Waals surface area contributed by atoms with Gasteiger partial charge in [-0.3, -0.25) is 14.6 Å². The number of methoxy groups -OCH3 is 1. The second kappa shape index (κ2) is 14.0. The minimum absolute atomic E-state index is 0.159. The van der Waals surface area contributed by atoms with E-state index in [4.69, 9.17) is 9.26 Å². The van der Waals surface area contributed by atoms with E-state index in [1.54, 1.807) is 55.4 Å². The standard InChI is InChI=1S/C32H34N4O4/c1-24-21-29(34-40-24)13-14-31(37)36(23-26-9-11-27(12-10-26)28-15-17-33-18-16-28)30(22-25-7-5-4-6-8-25)32(38)35(2)19-20-39-3/h4-18,21,30H,19-20,22-23H2,1-3H3/b14-13+/t30-/m0/s1. The highest BCUT2D eigenvalue weighted by Gasteiger charge is 2.31. The smallest absolute Gasteiger partial charge is 0.247 e. The van der Waals surface area contributed by atoms with Crippen molar-refractivity contribution in [2.75, 3.05) is 27.3 Å². The lowest BCUT2D eigenvalue weighted by Crippen LogP contribution is -2.51. The van der Waals surface area contributed by atoms with Gasteiger partial charge in [0.2, 0.25) is 11.8 Å². The third-order valence-electron chi connectivity index (χ3n) is 6.59. The third-order valence-corrected chi connectivity index (χ3v) is 6.59. The zero-order chi connectivity index (χ0) is 28.3. The molecule has 0 saturated heterocycles. The number of carbonyl (C=O) groups excluding carboxylic acids is 2. The van der Waals surface area contributed by atoms with Gasteiger partial charge in [-0.15, -0.1) is 0 Å². The number of ether oxygens (including phenoxy) is 1. The summed E-state index contributed by atoms with van der Waals surface area (Å²) >= 11 is 0. The van der Waals surface area contributed by atoms with Crippen molar-refractivity contribution in [3.8, 4) is 11.1 Å². The zero-order valence-electron chi connectivity index (χ0n) is 23.1. The highest BCUT2D eigenvalue weighted by Crippen LogP contribution is 2.21. The first kappa shape index (κ1) is 28.4. The quantitative estimate of drug-likeness (QED) is 0.241. The second-order valence-electron chi connectivity index (χ2n) is 9.55. The van der Waals surface area contributed by atoms with Gasteiger partial charge in [-0.1, -0.05) is 59.8 Å². The molecule has 8 nitrogen and oxygen atoms in total. The van der Waals surface area contributed by atoms with Crippen LogP contribution in [0.5, 0.6) is 0 Å². The minimum atomic E-state index is -0.736. The number of carbonyl (C=O) groups is 2. The lowest BCUT2D eigenvalue weighted by Gasteiger charge is -2.33. The van der Waals surface area contributed by atoms with Gasteiger partial charge in [-0.25, -0.2) is 0 Å². The van der Waals surface area contributed by atoms with Crippen LogP contribution in [0.2, 0.25) is 0 Å². The van der Waals surface area contributed by atoms with Crippen molar-refractivity contribution < 1.29 is 18.8 Å². The van der Waals surface area contributed by atoms with E-state index in [2.05, 4.69) is 10.1 Å². The summed E-state index contributed by atoms with van der Waals surface area (Å²) in [5, 5.41) is 3.95. The van der Waals surface area contributed by atoms with Gasteiger partial charge in [-0.05, 0) is 47.4 Å². The number of rotatable bonds is 12. The van der Waals surface area contributed by atoms with Gasteiger partial charge in [0.25, 0.3) is 0 Å². The summed E-state index contributed by atoms with van der Waals surface area (Å²) in [5.41, 5.74) is 4.50. The Kier molecular flexibility index (Phi) is 9.96. The molecule has 0 bridgehead atoms. The Bertz CT molecular complexity index is 1400. The molecule has 0 aliphatic carbocycles. The predicted octanol–water partition coefficient (Wildman–Crippen LogP) is 4.80. The average molecular weight is 539 g/mol. The third kappa shape index (κ3) is 7.74. The Hall–Kier alpha value is -4.56. The molecule has 0 unspecified atom stereocenters. The number of hydrogen-bond donors (Lipinski definition) is 0. The van der Waals surface area contributed by atoms with Crippen molar-refractivity contribution >= 4 is 17.9 Å². The number of aryl methyl sites for hydroxylation is 1. The van der Waals surface area contributed by atoms with Gasteiger partial charge in [0.15, 0.2) is 0 Å². The maximum atomic E-state index is 13.8. The normalized spacial score (nSPS) is 11.9. The van der Waals surface area contributed by atoms with Crippen LogP contribution in [0.3, 0.4) is 0 Å². The average Bonchev–Trinajstić information content (AvgIpc) is 3.42. The van der Waals surface area contributed by atoms with Crippen LogP contribution in [0.1, 0.15) is 22.6 Å². The molecule has 4 aromatic rings. The molecule has 0 aliphatic rings. The molecule has 2 aromatic heterocycles. The molecular formula is C32H34N4O4. The Morgan fingerprint density at radius 3 is 2.33 bits per heavy atom. The molecule has 0 N–H and O–H groups in total. The van der Waals surface area contributed by atoms with E-state index in [-0.39, 0.29) is 18.4 Å². The summed E-state index contributed by atoms with van der Waals surface area (Å²) in [4.78, 5) is 34.9. The van der Waals surface area contributed by atoms with Crippen LogP contribution in [0.4, 0.5) is 0 Å². The molecule has 2 heterocycles. The van der Waals surface area contributed by atoms with Crippen molar-refractivity contribution in [3.05, 3.63) is 114 Å². The van der Waals surface area contributed by atoms with Crippen LogP contribution >= 0.6 is 0 Å². The summed E-state index contributed by atoms with van der Waals surface area (Å²) in [7, 11) is 3.33. The number of pyridine rings is 1. The second-order valence-corrected chi connectivity index (χ2v) is 9.55. The van der Waals surface area contributed by atoms with Crippen molar-refractivity contribution in [3.63, 3.8) is 0 Å². The molecule has 2 amide bonds. The van der Waals surface area contributed by atoms with Crippen LogP contribution in [-0.4, -0.2) is 65.1 Å². The van der Waals surface area contributed by atoms with Crippen LogP contribution in [0.15, 0.2) is 95.8 Å². The van der Waals surface area contributed by atoms with E-state index in [1.165, 1.54) is 6.08 Å². The Morgan fingerprint density at radius 2 is 1.68 bits per heavy atom. The maximum Gasteiger partial charge on any atom is 0.247 e. The van der Waals surface area contributed by atoms with E-state index in [9.17, 15) is 9.59 Å². The minimum Gasteiger partial charge on any atom is -0.383 e. The topological polar surface area (TPSA) is 88.8 Å². The lowest BCUT2D eigenvalue weighted by atomic mass is 10.0. The highest BCUT2D eigenvalue weighted by atomic mass is 16.5. The molecule has 206 valence electrons. The van der Waals surface area contributed by atoms with Crippen LogP contribution in [0.25, 0.3) is 17.2 Å². The number of aromatic nitrogens is 2. The van der Waals surface area contributed by atoms with Gasteiger partial charge in [0.05, 0.1) is 6.61 Å². The monoisotopic (exact) mass is 538 g/mol. The zero-order valence-corrected chi connectivity index (χ0v) is 23.1. The molecule has 0 saturated carbocycles. The van der Waals surface area contributed by atoms with Crippen LogP contribution in [0, 0.1) is 6.92 Å². The fraction of sp³-hybridized carbons (Fsp3) is 0.250. The van der Waals surface area contributed by atoms with E-state index in [1.807, 2.05) is 66.7 Å². The molecule has 0 spiro atoms. The van der Waals surface area contributed by atoms with Gasteiger partial charge in [0.1, 0.15) is 17.5 Å². The summed E-state index contributed by atoms with van der Waals surface area (Å²) in [6.07, 6.45) is 6.94. The first-order chi connectivity index (χ1) is 19.4. The molecular weight excluding hydrogens is 504 g/mol. The first-order valence-electron chi connectivity index (χ1n) is 13.1. The van der Waals surface area contributed by atoms with Gasteiger partial charge < -0.3 is 19.1 Å². The van der Waals surface area contributed by atoms with Crippen molar-refractivity contribution in [2.24, 2.45) is 0 Å². The number of amides is 2. The Morgan fingerprint density at radius 1 is 0.975 bits per heavy atom. The van der Waals surface area contributed by atoms with Crippen molar-refractivity contribution in [2.45, 2.75) is 25.9 Å². The van der Waals surface area contributed by atoms with Gasteiger partial charge in [-0.2, -0.15) is 0 Å². The Balaban J connectivity index is 1.67. The maximum absolute atomic E-state index is 13.8.